The van der Waals surface area contributed by atoms with Crippen molar-refractivity contribution in [3.63, 3.8) is 0 Å². The number of hydrogen-bond donors (Lipinski definition) is 2. The Morgan fingerprint density at radius 2 is 1.71 bits per heavy atom. The number of hydrogen-bond acceptors (Lipinski definition) is 4. The molecule has 0 aliphatic rings. The first-order valence-corrected chi connectivity index (χ1v) is 8.68. The lowest BCUT2D eigenvalue weighted by Gasteiger charge is -2.05. The molecule has 0 spiro atoms. The van der Waals surface area contributed by atoms with E-state index in [0.717, 1.165) is 11.3 Å². The number of carbonyl (C=O) groups excluding carboxylic acids is 2. The SMILES string of the molecule is O=C(NC(=O)c1ccccc1Br)Nc1nc(-c2ccccc2)cs1. The van der Waals surface area contributed by atoms with E-state index in [2.05, 4.69) is 31.5 Å². The van der Waals surface area contributed by atoms with Crippen molar-refractivity contribution in [2.75, 3.05) is 5.32 Å². The molecule has 2 N–H and O–H groups in total. The van der Waals surface area contributed by atoms with E-state index < -0.39 is 11.9 Å². The van der Waals surface area contributed by atoms with E-state index in [4.69, 9.17) is 0 Å². The molecule has 120 valence electrons. The van der Waals surface area contributed by atoms with E-state index in [0.29, 0.717) is 15.2 Å². The molecule has 0 radical (unpaired) electrons. The predicted molar refractivity (Wildman–Crippen MR) is 98.2 cm³/mol. The number of aromatic nitrogens is 1. The molecular formula is C17H12BrN3O2S. The van der Waals surface area contributed by atoms with E-state index in [1.165, 1.54) is 11.3 Å². The highest BCUT2D eigenvalue weighted by molar-refractivity contribution is 9.10. The van der Waals surface area contributed by atoms with Gasteiger partial charge >= 0.3 is 6.03 Å². The Balaban J connectivity index is 1.65. The molecule has 0 fully saturated rings. The summed E-state index contributed by atoms with van der Waals surface area (Å²) in [7, 11) is 0. The second-order valence-electron chi connectivity index (χ2n) is 4.79. The fourth-order valence-electron chi connectivity index (χ4n) is 2.02. The van der Waals surface area contributed by atoms with Gasteiger partial charge in [-0.2, -0.15) is 0 Å². The Kier molecular flexibility index (Phi) is 5.02. The number of anilines is 1. The molecule has 3 rings (SSSR count). The summed E-state index contributed by atoms with van der Waals surface area (Å²) >= 11 is 4.58. The lowest BCUT2D eigenvalue weighted by Crippen LogP contribution is -2.34. The van der Waals surface area contributed by atoms with Crippen molar-refractivity contribution < 1.29 is 9.59 Å². The first kappa shape index (κ1) is 16.4. The van der Waals surface area contributed by atoms with Gasteiger partial charge in [0, 0.05) is 15.4 Å². The van der Waals surface area contributed by atoms with Gasteiger partial charge in [-0.25, -0.2) is 9.78 Å². The van der Waals surface area contributed by atoms with Gasteiger partial charge in [0.05, 0.1) is 11.3 Å². The van der Waals surface area contributed by atoms with Gasteiger partial charge in [0.2, 0.25) is 0 Å². The monoisotopic (exact) mass is 401 g/mol. The van der Waals surface area contributed by atoms with E-state index in [-0.39, 0.29) is 0 Å². The molecule has 7 heteroatoms. The van der Waals surface area contributed by atoms with Gasteiger partial charge in [-0.3, -0.25) is 15.4 Å². The van der Waals surface area contributed by atoms with Crippen LogP contribution in [0.3, 0.4) is 0 Å². The van der Waals surface area contributed by atoms with Crippen LogP contribution in [0.4, 0.5) is 9.93 Å². The first-order chi connectivity index (χ1) is 11.6. The summed E-state index contributed by atoms with van der Waals surface area (Å²) in [5.74, 6) is -0.486. The Morgan fingerprint density at radius 1 is 1.00 bits per heavy atom. The molecule has 3 amide bonds. The number of nitrogens with zero attached hydrogens (tertiary/aromatic N) is 1. The predicted octanol–water partition coefficient (Wildman–Crippen LogP) is 4.53. The van der Waals surface area contributed by atoms with Crippen LogP contribution in [0, 0.1) is 0 Å². The van der Waals surface area contributed by atoms with Crippen molar-refractivity contribution in [3.05, 3.63) is 70.0 Å². The molecule has 0 saturated carbocycles. The van der Waals surface area contributed by atoms with Crippen LogP contribution in [-0.2, 0) is 0 Å². The van der Waals surface area contributed by atoms with E-state index >= 15 is 0 Å². The fraction of sp³-hybridized carbons (Fsp3) is 0. The van der Waals surface area contributed by atoms with Crippen LogP contribution < -0.4 is 10.6 Å². The van der Waals surface area contributed by atoms with Crippen LogP contribution in [0.1, 0.15) is 10.4 Å². The molecule has 3 aromatic rings. The number of carbonyl (C=O) groups is 2. The van der Waals surface area contributed by atoms with Gasteiger partial charge in [0.1, 0.15) is 0 Å². The summed E-state index contributed by atoms with van der Waals surface area (Å²) in [5.41, 5.74) is 2.12. The highest BCUT2D eigenvalue weighted by Gasteiger charge is 2.14. The average molecular weight is 402 g/mol. The summed E-state index contributed by atoms with van der Waals surface area (Å²) in [6, 6.07) is 15.9. The molecule has 0 aliphatic carbocycles. The van der Waals surface area contributed by atoms with Crippen LogP contribution in [0.15, 0.2) is 64.5 Å². The molecule has 0 unspecified atom stereocenters. The van der Waals surface area contributed by atoms with Gasteiger partial charge < -0.3 is 0 Å². The summed E-state index contributed by atoms with van der Waals surface area (Å²) in [5, 5.41) is 7.13. The van der Waals surface area contributed by atoms with Crippen molar-refractivity contribution in [2.45, 2.75) is 0 Å². The number of imide groups is 1. The number of halogens is 1. The number of benzene rings is 2. The van der Waals surface area contributed by atoms with Gasteiger partial charge in [-0.15, -0.1) is 11.3 Å². The summed E-state index contributed by atoms with van der Waals surface area (Å²) < 4.78 is 0.621. The third-order valence-corrected chi connectivity index (χ3v) is 4.59. The Morgan fingerprint density at radius 3 is 2.46 bits per heavy atom. The largest absolute Gasteiger partial charge is 0.327 e. The molecule has 0 saturated heterocycles. The number of urea groups is 1. The van der Waals surface area contributed by atoms with Crippen LogP contribution in [-0.4, -0.2) is 16.9 Å². The molecule has 0 aliphatic heterocycles. The molecular weight excluding hydrogens is 390 g/mol. The molecule has 1 aromatic heterocycles. The lowest BCUT2D eigenvalue weighted by atomic mass is 10.2. The van der Waals surface area contributed by atoms with Gasteiger partial charge in [-0.1, -0.05) is 42.5 Å². The van der Waals surface area contributed by atoms with E-state index in [9.17, 15) is 9.59 Å². The Labute approximate surface area is 150 Å². The molecule has 2 aromatic carbocycles. The van der Waals surface area contributed by atoms with Gasteiger partial charge in [-0.05, 0) is 28.1 Å². The minimum atomic E-state index is -0.621. The zero-order chi connectivity index (χ0) is 16.9. The van der Waals surface area contributed by atoms with Gasteiger partial charge in [0.15, 0.2) is 5.13 Å². The smallest absolute Gasteiger partial charge is 0.283 e. The van der Waals surface area contributed by atoms with Crippen LogP contribution in [0.2, 0.25) is 0 Å². The van der Waals surface area contributed by atoms with E-state index in [1.807, 2.05) is 35.7 Å². The summed E-state index contributed by atoms with van der Waals surface area (Å²) in [6.07, 6.45) is 0. The minimum Gasteiger partial charge on any atom is -0.283 e. The second kappa shape index (κ2) is 7.37. The quantitative estimate of drug-likeness (QED) is 0.676. The van der Waals surface area contributed by atoms with Crippen LogP contribution in [0.5, 0.6) is 0 Å². The zero-order valence-electron chi connectivity index (χ0n) is 12.3. The Hall–Kier alpha value is -2.51. The lowest BCUT2D eigenvalue weighted by molar-refractivity contribution is 0.0966. The standard InChI is InChI=1S/C17H12BrN3O2S/c18-13-9-5-4-8-12(13)15(22)20-16(23)21-17-19-14(10-24-17)11-6-2-1-3-7-11/h1-10H,(H2,19,20,21,22,23). The average Bonchev–Trinajstić information content (AvgIpc) is 3.04. The number of nitrogens with one attached hydrogen (secondary N) is 2. The number of thiazole rings is 1. The molecule has 0 atom stereocenters. The van der Waals surface area contributed by atoms with Crippen LogP contribution >= 0.6 is 27.3 Å². The molecule has 5 nitrogen and oxygen atoms in total. The Bertz CT molecular complexity index is 880. The number of amides is 3. The van der Waals surface area contributed by atoms with Crippen molar-refractivity contribution in [1.82, 2.24) is 10.3 Å². The maximum atomic E-state index is 12.1. The summed E-state index contributed by atoms with van der Waals surface area (Å²) in [6.45, 7) is 0. The van der Waals surface area contributed by atoms with Crippen LogP contribution in [0.25, 0.3) is 11.3 Å². The van der Waals surface area contributed by atoms with Crippen molar-refractivity contribution in [2.24, 2.45) is 0 Å². The first-order valence-electron chi connectivity index (χ1n) is 7.01. The maximum absolute atomic E-state index is 12.1. The highest BCUT2D eigenvalue weighted by Crippen LogP contribution is 2.24. The minimum absolute atomic E-state index is 0.386. The fourth-order valence-corrected chi connectivity index (χ4v) is 3.20. The second-order valence-corrected chi connectivity index (χ2v) is 6.50. The molecule has 1 heterocycles. The maximum Gasteiger partial charge on any atom is 0.327 e. The molecule has 0 bridgehead atoms. The van der Waals surface area contributed by atoms with Crippen molar-refractivity contribution in [1.29, 1.82) is 0 Å². The summed E-state index contributed by atoms with van der Waals surface area (Å²) in [4.78, 5) is 28.4. The zero-order valence-corrected chi connectivity index (χ0v) is 14.7. The molecule has 24 heavy (non-hydrogen) atoms. The van der Waals surface area contributed by atoms with Gasteiger partial charge in [0.25, 0.3) is 5.91 Å². The third-order valence-electron chi connectivity index (χ3n) is 3.14. The van der Waals surface area contributed by atoms with Crippen molar-refractivity contribution >= 4 is 44.3 Å². The number of rotatable bonds is 3. The normalized spacial score (nSPS) is 10.2. The van der Waals surface area contributed by atoms with E-state index in [1.54, 1.807) is 24.3 Å². The highest BCUT2D eigenvalue weighted by atomic mass is 79.9. The van der Waals surface area contributed by atoms with Crippen molar-refractivity contribution in [3.8, 4) is 11.3 Å². The third kappa shape index (κ3) is 3.87. The topological polar surface area (TPSA) is 71.1 Å².